The van der Waals surface area contributed by atoms with Gasteiger partial charge in [0.25, 0.3) is 5.56 Å². The number of aromatic nitrogens is 5. The van der Waals surface area contributed by atoms with Crippen LogP contribution in [0.2, 0.25) is 0 Å². The van der Waals surface area contributed by atoms with Crippen molar-refractivity contribution in [3.8, 4) is 11.8 Å². The van der Waals surface area contributed by atoms with E-state index in [1.54, 1.807) is 25.3 Å². The number of imidazole rings is 1. The molecular weight excluding hydrogens is 523 g/mol. The number of esters is 1. The fourth-order valence-corrected chi connectivity index (χ4v) is 3.51. The molecule has 3 aromatic rings. The normalized spacial score (nSPS) is 12.9. The Balaban J connectivity index is 0.000000592. The van der Waals surface area contributed by atoms with Crippen molar-refractivity contribution in [3.05, 3.63) is 46.1 Å². The number of carboxylic acids is 1. The number of carbonyl (C=O) groups excluding carboxylic acids is 1. The van der Waals surface area contributed by atoms with Gasteiger partial charge in [-0.2, -0.15) is 18.3 Å². The highest BCUT2D eigenvalue weighted by Gasteiger charge is 2.38. The lowest BCUT2D eigenvalue weighted by atomic mass is 10.2. The summed E-state index contributed by atoms with van der Waals surface area (Å²) in [7, 11) is 1.32. The third-order valence-corrected chi connectivity index (χ3v) is 5.34. The van der Waals surface area contributed by atoms with E-state index in [1.807, 2.05) is 4.57 Å². The fourth-order valence-electron chi connectivity index (χ4n) is 3.51. The summed E-state index contributed by atoms with van der Waals surface area (Å²) in [6.07, 6.45) is -2.06. The van der Waals surface area contributed by atoms with Crippen LogP contribution in [0.25, 0.3) is 11.0 Å². The Bertz CT molecular complexity index is 1420. The van der Waals surface area contributed by atoms with Gasteiger partial charge in [-0.3, -0.25) is 14.3 Å². The number of nitrogens with zero attached hydrogens (tertiary/aromatic N) is 6. The third kappa shape index (κ3) is 7.54. The molecule has 0 aliphatic carbocycles. The number of carbonyl (C=O) groups is 2. The predicted octanol–water partition coefficient (Wildman–Crippen LogP) is 1.53. The maximum Gasteiger partial charge on any atom is 0.490 e. The number of carboxylic acid groups (broad SMARTS) is 1. The molecule has 15 heteroatoms. The molecule has 0 amide bonds. The van der Waals surface area contributed by atoms with Crippen molar-refractivity contribution in [2.75, 3.05) is 38.2 Å². The van der Waals surface area contributed by atoms with Gasteiger partial charge >= 0.3 is 18.1 Å². The summed E-state index contributed by atoms with van der Waals surface area (Å²) < 4.78 is 39.6. The van der Waals surface area contributed by atoms with Crippen molar-refractivity contribution < 1.29 is 32.6 Å². The van der Waals surface area contributed by atoms with Gasteiger partial charge in [0.05, 0.1) is 37.7 Å². The number of rotatable bonds is 5. The summed E-state index contributed by atoms with van der Waals surface area (Å²) in [5.74, 6) is 3.45. The number of methoxy groups -OCH3 is 1. The fraction of sp³-hybridized carbons (Fsp3) is 0.417. The molecule has 1 aliphatic heterocycles. The maximum absolute atomic E-state index is 13.3. The van der Waals surface area contributed by atoms with Gasteiger partial charge in [0.2, 0.25) is 5.95 Å². The van der Waals surface area contributed by atoms with E-state index in [-0.39, 0.29) is 19.5 Å². The van der Waals surface area contributed by atoms with Crippen molar-refractivity contribution >= 4 is 28.9 Å². The third-order valence-electron chi connectivity index (χ3n) is 5.34. The molecule has 4 rings (SSSR count). The van der Waals surface area contributed by atoms with E-state index >= 15 is 0 Å². The van der Waals surface area contributed by atoms with Crippen LogP contribution in [0.4, 0.5) is 19.1 Å². The van der Waals surface area contributed by atoms with Crippen molar-refractivity contribution in [2.45, 2.75) is 33.6 Å². The van der Waals surface area contributed by atoms with E-state index in [0.717, 1.165) is 32.1 Å². The smallest absolute Gasteiger partial charge is 0.475 e. The molecule has 1 aliphatic rings. The van der Waals surface area contributed by atoms with E-state index in [2.05, 4.69) is 41.9 Å². The number of ether oxygens (including phenoxy) is 1. The molecule has 1 saturated heterocycles. The van der Waals surface area contributed by atoms with Gasteiger partial charge < -0.3 is 20.1 Å². The zero-order valence-electron chi connectivity index (χ0n) is 20.4. The van der Waals surface area contributed by atoms with Crippen molar-refractivity contribution in [3.63, 3.8) is 0 Å². The van der Waals surface area contributed by atoms with Gasteiger partial charge in [0.15, 0.2) is 0 Å². The zero-order chi connectivity index (χ0) is 27.9. The van der Waals surface area contributed by atoms with Crippen LogP contribution in [0.5, 0.6) is 0 Å². The molecule has 210 valence electrons. The Hall–Kier alpha value is -4.45. The first-order valence-electron chi connectivity index (χ1n) is 11.2. The number of halogens is 3. The SMILES string of the molecule is C.CC#CCn1c(N2CCNCC2)nc2cnn(Cc3ccc(C(=O)OC)cn3)c(=O)c21.O=C(O)C(F)(F)F. The van der Waals surface area contributed by atoms with Crippen molar-refractivity contribution in [2.24, 2.45) is 0 Å². The Morgan fingerprint density at radius 1 is 1.21 bits per heavy atom. The van der Waals surface area contributed by atoms with Crippen LogP contribution in [-0.4, -0.2) is 80.8 Å². The lowest BCUT2D eigenvalue weighted by Crippen LogP contribution is -2.44. The highest BCUT2D eigenvalue weighted by molar-refractivity contribution is 5.88. The molecule has 0 saturated carbocycles. The van der Waals surface area contributed by atoms with Gasteiger partial charge in [-0.1, -0.05) is 13.3 Å². The number of hydrogen-bond acceptors (Lipinski definition) is 9. The number of nitrogens with one attached hydrogen (secondary N) is 1. The van der Waals surface area contributed by atoms with Crippen LogP contribution in [0.3, 0.4) is 0 Å². The Labute approximate surface area is 221 Å². The van der Waals surface area contributed by atoms with Gasteiger partial charge in [0.1, 0.15) is 11.0 Å². The zero-order valence-corrected chi connectivity index (χ0v) is 20.4. The molecule has 0 atom stereocenters. The van der Waals surface area contributed by atoms with E-state index in [1.165, 1.54) is 18.0 Å². The van der Waals surface area contributed by atoms with Crippen LogP contribution < -0.4 is 15.8 Å². The Kier molecular flexibility index (Phi) is 10.6. The first-order valence-corrected chi connectivity index (χ1v) is 11.2. The molecule has 39 heavy (non-hydrogen) atoms. The molecule has 2 N–H and O–H groups in total. The number of hydrogen-bond donors (Lipinski definition) is 2. The molecule has 4 heterocycles. The van der Waals surface area contributed by atoms with Crippen LogP contribution in [0, 0.1) is 11.8 Å². The maximum atomic E-state index is 13.3. The quantitative estimate of drug-likeness (QED) is 0.354. The molecular formula is C24H28F3N7O5. The lowest BCUT2D eigenvalue weighted by Gasteiger charge is -2.28. The van der Waals surface area contributed by atoms with E-state index in [4.69, 9.17) is 9.90 Å². The summed E-state index contributed by atoms with van der Waals surface area (Å²) in [5, 5.41) is 14.7. The van der Waals surface area contributed by atoms with E-state index < -0.39 is 18.1 Å². The predicted molar refractivity (Wildman–Crippen MR) is 135 cm³/mol. The first kappa shape index (κ1) is 30.8. The van der Waals surface area contributed by atoms with Gasteiger partial charge in [-0.15, -0.1) is 5.92 Å². The summed E-state index contributed by atoms with van der Waals surface area (Å²) >= 11 is 0. The monoisotopic (exact) mass is 551 g/mol. The second-order valence-corrected chi connectivity index (χ2v) is 7.84. The largest absolute Gasteiger partial charge is 0.490 e. The molecule has 12 nitrogen and oxygen atoms in total. The molecule has 0 unspecified atom stereocenters. The second-order valence-electron chi connectivity index (χ2n) is 7.84. The summed E-state index contributed by atoms with van der Waals surface area (Å²) in [6.45, 7) is 5.65. The summed E-state index contributed by atoms with van der Waals surface area (Å²) in [4.78, 5) is 44.9. The van der Waals surface area contributed by atoms with Gasteiger partial charge in [0, 0.05) is 32.4 Å². The van der Waals surface area contributed by atoms with Crippen LogP contribution in [0.15, 0.2) is 29.3 Å². The molecule has 3 aromatic heterocycles. The summed E-state index contributed by atoms with van der Waals surface area (Å²) in [5.41, 5.74) is 1.70. The second kappa shape index (κ2) is 13.4. The average Bonchev–Trinajstić information content (AvgIpc) is 3.28. The lowest BCUT2D eigenvalue weighted by molar-refractivity contribution is -0.192. The Morgan fingerprint density at radius 2 is 1.87 bits per heavy atom. The van der Waals surface area contributed by atoms with Gasteiger partial charge in [-0.25, -0.2) is 19.3 Å². The standard InChI is InChI=1S/C21H23N7O3.C2HF3O2.CH4/c1-3-4-9-27-18-17(25-21(27)26-10-7-22-8-11-26)13-24-28(19(18)29)14-16-6-5-15(12-23-16)20(30)31-2;3-2(4,5)1(6)7;/h5-6,12-13,22H,7-11,14H2,1-2H3;(H,6,7);1H4. The van der Waals surface area contributed by atoms with Crippen LogP contribution in [0.1, 0.15) is 30.4 Å². The van der Waals surface area contributed by atoms with E-state index in [0.29, 0.717) is 28.8 Å². The number of anilines is 1. The minimum absolute atomic E-state index is 0. The Morgan fingerprint density at radius 3 is 2.41 bits per heavy atom. The summed E-state index contributed by atoms with van der Waals surface area (Å²) in [6, 6.07) is 3.29. The number of piperazine rings is 1. The molecule has 0 bridgehead atoms. The molecule has 0 spiro atoms. The topological polar surface area (TPSA) is 144 Å². The van der Waals surface area contributed by atoms with Crippen LogP contribution >= 0.6 is 0 Å². The highest BCUT2D eigenvalue weighted by atomic mass is 19.4. The van der Waals surface area contributed by atoms with Crippen LogP contribution in [-0.2, 0) is 22.6 Å². The van der Waals surface area contributed by atoms with Crippen molar-refractivity contribution in [1.82, 2.24) is 29.6 Å². The van der Waals surface area contributed by atoms with Gasteiger partial charge in [-0.05, 0) is 19.1 Å². The number of alkyl halides is 3. The molecule has 0 aromatic carbocycles. The average molecular weight is 552 g/mol. The van der Waals surface area contributed by atoms with Crippen molar-refractivity contribution in [1.29, 1.82) is 0 Å². The number of pyridine rings is 1. The minimum Gasteiger partial charge on any atom is -0.475 e. The van der Waals surface area contributed by atoms with E-state index in [9.17, 15) is 22.8 Å². The molecule has 1 fully saturated rings. The highest BCUT2D eigenvalue weighted by Crippen LogP contribution is 2.20. The minimum atomic E-state index is -5.08. The number of fused-ring (bicyclic) bond motifs is 1. The number of aliphatic carboxylic acids is 1. The first-order chi connectivity index (χ1) is 18.1. The molecule has 0 radical (unpaired) electrons.